The highest BCUT2D eigenvalue weighted by Gasteiger charge is 2.53. The third-order valence-electron chi connectivity index (χ3n) is 5.63. The minimum Gasteiger partial charge on any atom is -0.393 e. The predicted molar refractivity (Wildman–Crippen MR) is 69.8 cm³/mol. The van der Waals surface area contributed by atoms with E-state index in [4.69, 9.17) is 0 Å². The Balaban J connectivity index is 1.44. The monoisotopic (exact) mass is 237 g/mol. The van der Waals surface area contributed by atoms with Crippen LogP contribution in [0.15, 0.2) is 0 Å². The maximum Gasteiger partial charge on any atom is 0.0512 e. The zero-order valence-corrected chi connectivity index (χ0v) is 11.1. The molecule has 2 heteroatoms. The van der Waals surface area contributed by atoms with Gasteiger partial charge >= 0.3 is 0 Å². The normalized spacial score (nSPS) is 45.2. The van der Waals surface area contributed by atoms with Crippen LogP contribution in [0.2, 0.25) is 0 Å². The van der Waals surface area contributed by atoms with E-state index in [0.29, 0.717) is 0 Å². The van der Waals surface area contributed by atoms with Crippen LogP contribution in [0.3, 0.4) is 0 Å². The van der Waals surface area contributed by atoms with Gasteiger partial charge in [0.2, 0.25) is 0 Å². The molecule has 0 aromatic rings. The fourth-order valence-electron chi connectivity index (χ4n) is 4.99. The summed E-state index contributed by atoms with van der Waals surface area (Å²) >= 11 is 0. The Labute approximate surface area is 105 Å². The van der Waals surface area contributed by atoms with Crippen molar-refractivity contribution in [3.63, 3.8) is 0 Å². The van der Waals surface area contributed by atoms with Crippen molar-refractivity contribution in [2.75, 3.05) is 6.54 Å². The first-order valence-electron chi connectivity index (χ1n) is 7.67. The van der Waals surface area contributed by atoms with Crippen LogP contribution in [0, 0.1) is 23.7 Å². The molecule has 0 aliphatic heterocycles. The molecule has 3 aliphatic carbocycles. The highest BCUT2D eigenvalue weighted by Crippen LogP contribution is 2.58. The number of aliphatic hydroxyl groups excluding tert-OH is 1. The predicted octanol–water partition coefficient (Wildman–Crippen LogP) is 2.56. The second-order valence-corrected chi connectivity index (χ2v) is 6.71. The van der Waals surface area contributed by atoms with Crippen LogP contribution in [0.1, 0.15) is 51.9 Å². The largest absolute Gasteiger partial charge is 0.393 e. The Kier molecular flexibility index (Phi) is 3.45. The summed E-state index contributed by atoms with van der Waals surface area (Å²) in [7, 11) is 0. The summed E-state index contributed by atoms with van der Waals surface area (Å²) in [5.74, 6) is 4.24. The summed E-state index contributed by atoms with van der Waals surface area (Å²) in [4.78, 5) is 0. The van der Waals surface area contributed by atoms with E-state index >= 15 is 0 Å². The van der Waals surface area contributed by atoms with Gasteiger partial charge in [0.25, 0.3) is 0 Å². The van der Waals surface area contributed by atoms with Gasteiger partial charge in [-0.1, -0.05) is 6.42 Å². The Bertz CT molecular complexity index is 266. The Morgan fingerprint density at radius 1 is 1.18 bits per heavy atom. The first kappa shape index (κ1) is 12.0. The number of rotatable bonds is 5. The Hall–Kier alpha value is -0.0800. The zero-order valence-electron chi connectivity index (χ0n) is 11.1. The van der Waals surface area contributed by atoms with Crippen molar-refractivity contribution in [2.45, 2.75) is 64.0 Å². The highest BCUT2D eigenvalue weighted by atomic mass is 16.3. The molecule has 0 radical (unpaired) electrons. The lowest BCUT2D eigenvalue weighted by Crippen LogP contribution is -2.39. The van der Waals surface area contributed by atoms with Gasteiger partial charge in [0.1, 0.15) is 0 Å². The highest BCUT2D eigenvalue weighted by molar-refractivity contribution is 5.05. The summed E-state index contributed by atoms with van der Waals surface area (Å²) in [5.41, 5.74) is 0. The molecule has 3 rings (SSSR count). The van der Waals surface area contributed by atoms with E-state index < -0.39 is 0 Å². The maximum absolute atomic E-state index is 9.24. The SMILES string of the molecule is CC(O)CCCNC1CC2CC1C1CCCC21. The molecule has 0 heterocycles. The van der Waals surface area contributed by atoms with Crippen LogP contribution in [0.5, 0.6) is 0 Å². The lowest BCUT2D eigenvalue weighted by Gasteiger charge is -2.32. The number of hydrogen-bond donors (Lipinski definition) is 2. The molecular formula is C15H27NO. The number of hydrogen-bond acceptors (Lipinski definition) is 2. The van der Waals surface area contributed by atoms with E-state index in [9.17, 15) is 5.11 Å². The first-order chi connectivity index (χ1) is 8.25. The van der Waals surface area contributed by atoms with E-state index in [2.05, 4.69) is 5.32 Å². The summed E-state index contributed by atoms with van der Waals surface area (Å²) < 4.78 is 0. The van der Waals surface area contributed by atoms with Crippen molar-refractivity contribution >= 4 is 0 Å². The molecule has 3 aliphatic rings. The standard InChI is InChI=1S/C15H27NO/c1-10(17)4-3-7-16-15-9-11-8-14(15)13-6-2-5-12(11)13/h10-17H,2-9H2,1H3. The van der Waals surface area contributed by atoms with Gasteiger partial charge in [0.15, 0.2) is 0 Å². The summed E-state index contributed by atoms with van der Waals surface area (Å²) in [6.07, 6.45) is 9.44. The second-order valence-electron chi connectivity index (χ2n) is 6.71. The van der Waals surface area contributed by atoms with E-state index in [1.165, 1.54) is 32.1 Å². The summed E-state index contributed by atoms with van der Waals surface area (Å²) in [6, 6.07) is 0.813. The van der Waals surface area contributed by atoms with Crippen molar-refractivity contribution in [1.29, 1.82) is 0 Å². The quantitative estimate of drug-likeness (QED) is 0.720. The molecule has 2 N–H and O–H groups in total. The molecule has 0 amide bonds. The number of fused-ring (bicyclic) bond motifs is 5. The fourth-order valence-corrected chi connectivity index (χ4v) is 4.99. The molecule has 3 fully saturated rings. The third-order valence-corrected chi connectivity index (χ3v) is 5.63. The van der Waals surface area contributed by atoms with Crippen molar-refractivity contribution in [1.82, 2.24) is 5.32 Å². The zero-order chi connectivity index (χ0) is 11.8. The molecule has 0 aromatic carbocycles. The van der Waals surface area contributed by atoms with Crippen LogP contribution in [-0.2, 0) is 0 Å². The van der Waals surface area contributed by atoms with Gasteiger partial charge in [-0.3, -0.25) is 0 Å². The molecule has 17 heavy (non-hydrogen) atoms. The lowest BCUT2D eigenvalue weighted by molar-refractivity contribution is 0.176. The average Bonchev–Trinajstić information content (AvgIpc) is 2.95. The second kappa shape index (κ2) is 4.89. The van der Waals surface area contributed by atoms with Crippen molar-refractivity contribution in [3.8, 4) is 0 Å². The third kappa shape index (κ3) is 2.26. The van der Waals surface area contributed by atoms with Crippen LogP contribution < -0.4 is 5.32 Å². The topological polar surface area (TPSA) is 32.3 Å². The lowest BCUT2D eigenvalue weighted by atomic mass is 9.79. The van der Waals surface area contributed by atoms with Gasteiger partial charge in [0.05, 0.1) is 6.10 Å². The van der Waals surface area contributed by atoms with Crippen LogP contribution in [0.25, 0.3) is 0 Å². The molecule has 2 nitrogen and oxygen atoms in total. The number of aliphatic hydroxyl groups is 1. The maximum atomic E-state index is 9.24. The van der Waals surface area contributed by atoms with Gasteiger partial charge in [0, 0.05) is 6.04 Å². The van der Waals surface area contributed by atoms with Gasteiger partial charge in [-0.25, -0.2) is 0 Å². The molecule has 98 valence electrons. The van der Waals surface area contributed by atoms with Gasteiger partial charge in [-0.15, -0.1) is 0 Å². The molecular weight excluding hydrogens is 210 g/mol. The number of nitrogens with one attached hydrogen (secondary N) is 1. The van der Waals surface area contributed by atoms with E-state index in [1.54, 1.807) is 0 Å². The molecule has 0 saturated heterocycles. The van der Waals surface area contributed by atoms with Crippen molar-refractivity contribution in [2.24, 2.45) is 23.7 Å². The smallest absolute Gasteiger partial charge is 0.0512 e. The summed E-state index contributed by atoms with van der Waals surface area (Å²) in [6.45, 7) is 3.00. The van der Waals surface area contributed by atoms with Crippen molar-refractivity contribution in [3.05, 3.63) is 0 Å². The Morgan fingerprint density at radius 3 is 2.82 bits per heavy atom. The van der Waals surface area contributed by atoms with Crippen LogP contribution in [0.4, 0.5) is 0 Å². The molecule has 6 unspecified atom stereocenters. The minimum absolute atomic E-state index is 0.129. The minimum atomic E-state index is -0.129. The van der Waals surface area contributed by atoms with Crippen molar-refractivity contribution < 1.29 is 5.11 Å². The fraction of sp³-hybridized carbons (Fsp3) is 1.00. The summed E-state index contributed by atoms with van der Waals surface area (Å²) in [5, 5.41) is 13.0. The molecule has 3 saturated carbocycles. The first-order valence-corrected chi connectivity index (χ1v) is 7.67. The molecule has 0 aromatic heterocycles. The van der Waals surface area contributed by atoms with E-state index in [1.807, 2.05) is 6.92 Å². The molecule has 2 bridgehead atoms. The van der Waals surface area contributed by atoms with Gasteiger partial charge in [-0.2, -0.15) is 0 Å². The van der Waals surface area contributed by atoms with E-state index in [-0.39, 0.29) is 6.10 Å². The van der Waals surface area contributed by atoms with Crippen LogP contribution >= 0.6 is 0 Å². The van der Waals surface area contributed by atoms with Crippen LogP contribution in [-0.4, -0.2) is 23.8 Å². The molecule has 6 atom stereocenters. The van der Waals surface area contributed by atoms with E-state index in [0.717, 1.165) is 49.1 Å². The van der Waals surface area contributed by atoms with Gasteiger partial charge in [-0.05, 0) is 75.7 Å². The average molecular weight is 237 g/mol. The Morgan fingerprint density at radius 2 is 2.00 bits per heavy atom. The van der Waals surface area contributed by atoms with Gasteiger partial charge < -0.3 is 10.4 Å². The molecule has 0 spiro atoms.